The second kappa shape index (κ2) is 11.9. The molecule has 4 rings (SSSR count). The number of unbranched alkanes of at least 4 members (excludes halogenated alkanes) is 2. The van der Waals surface area contributed by atoms with E-state index in [1.54, 1.807) is 12.1 Å². The van der Waals surface area contributed by atoms with Gasteiger partial charge in [-0.15, -0.1) is 0 Å². The minimum atomic E-state index is -0.821. The van der Waals surface area contributed by atoms with Crippen molar-refractivity contribution in [2.24, 2.45) is 0 Å². The van der Waals surface area contributed by atoms with E-state index >= 15 is 4.39 Å². The molecule has 0 N–H and O–H groups in total. The Morgan fingerprint density at radius 3 is 2.12 bits per heavy atom. The molecular formula is C30H35F3Si. The van der Waals surface area contributed by atoms with Crippen LogP contribution in [0.15, 0.2) is 60.7 Å². The molecule has 0 aliphatic carbocycles. The van der Waals surface area contributed by atoms with Crippen molar-refractivity contribution in [2.45, 2.75) is 75.9 Å². The summed E-state index contributed by atoms with van der Waals surface area (Å²) in [4.78, 5) is 0. The lowest BCUT2D eigenvalue weighted by atomic mass is 9.91. The molecule has 3 aromatic carbocycles. The lowest BCUT2D eigenvalue weighted by Gasteiger charge is -2.28. The molecule has 1 aliphatic heterocycles. The van der Waals surface area contributed by atoms with Crippen LogP contribution < -0.4 is 0 Å². The first-order valence-electron chi connectivity index (χ1n) is 12.9. The van der Waals surface area contributed by atoms with Gasteiger partial charge in [0.05, 0.1) is 0 Å². The molecule has 0 aromatic heterocycles. The van der Waals surface area contributed by atoms with Crippen LogP contribution in [0.25, 0.3) is 11.1 Å². The van der Waals surface area contributed by atoms with Gasteiger partial charge < -0.3 is 0 Å². The minimum Gasteiger partial charge on any atom is -0.206 e. The molecule has 4 heteroatoms. The molecule has 1 aliphatic rings. The molecule has 0 spiro atoms. The molecule has 0 nitrogen and oxygen atoms in total. The maximum atomic E-state index is 15.1. The van der Waals surface area contributed by atoms with Crippen molar-refractivity contribution in [2.75, 3.05) is 0 Å². The highest BCUT2D eigenvalue weighted by atomic mass is 28.3. The van der Waals surface area contributed by atoms with E-state index in [0.29, 0.717) is 17.9 Å². The maximum absolute atomic E-state index is 15.1. The number of halogens is 3. The van der Waals surface area contributed by atoms with Gasteiger partial charge in [-0.2, -0.15) is 0 Å². The Kier molecular flexibility index (Phi) is 8.66. The molecule has 0 amide bonds. The van der Waals surface area contributed by atoms with Gasteiger partial charge in [0.1, 0.15) is 5.82 Å². The third-order valence-electron chi connectivity index (χ3n) is 7.48. The average molecular weight is 481 g/mol. The standard InChI is InChI=1S/C30H35F3Si/c1-2-3-4-17-34-18-15-24(16-19-34)26-12-13-27(29(32)21-26)25-10-7-22(8-11-25)5-6-23-9-14-28(31)30(33)20-23/h7-14,20-21,24,34H,2-6,15-19H2,1H3/t24-,34-. The Balaban J connectivity index is 1.34. The molecule has 34 heavy (non-hydrogen) atoms. The van der Waals surface area contributed by atoms with E-state index in [9.17, 15) is 8.78 Å². The first-order valence-corrected chi connectivity index (χ1v) is 15.3. The van der Waals surface area contributed by atoms with Crippen LogP contribution in [-0.2, 0) is 12.8 Å². The molecule has 3 aromatic rings. The Labute approximate surface area is 203 Å². The fourth-order valence-corrected chi connectivity index (χ4v) is 8.80. The van der Waals surface area contributed by atoms with Crippen LogP contribution in [0.2, 0.25) is 18.1 Å². The molecule has 1 saturated heterocycles. The van der Waals surface area contributed by atoms with Crippen molar-refractivity contribution in [1.82, 2.24) is 0 Å². The highest BCUT2D eigenvalue weighted by Gasteiger charge is 2.23. The largest absolute Gasteiger partial charge is 0.206 e. The third-order valence-corrected chi connectivity index (χ3v) is 11.0. The van der Waals surface area contributed by atoms with E-state index in [1.165, 1.54) is 62.4 Å². The summed E-state index contributed by atoms with van der Waals surface area (Å²) in [5.41, 5.74) is 4.52. The fraction of sp³-hybridized carbons (Fsp3) is 0.400. The lowest BCUT2D eigenvalue weighted by Crippen LogP contribution is -2.20. The molecule has 1 heterocycles. The average Bonchev–Trinajstić information content (AvgIpc) is 2.86. The molecule has 0 saturated carbocycles. The number of aryl methyl sites for hydroxylation is 2. The third kappa shape index (κ3) is 6.41. The van der Waals surface area contributed by atoms with E-state index in [2.05, 4.69) is 13.0 Å². The predicted octanol–water partition coefficient (Wildman–Crippen LogP) is 8.85. The number of hydrogen-bond acceptors (Lipinski definition) is 0. The highest BCUT2D eigenvalue weighted by molar-refractivity contribution is 6.59. The zero-order chi connectivity index (χ0) is 23.9. The Morgan fingerprint density at radius 1 is 0.735 bits per heavy atom. The monoisotopic (exact) mass is 480 g/mol. The van der Waals surface area contributed by atoms with Crippen LogP contribution in [-0.4, -0.2) is 8.80 Å². The molecule has 180 valence electrons. The van der Waals surface area contributed by atoms with Gasteiger partial charge in [-0.05, 0) is 72.1 Å². The van der Waals surface area contributed by atoms with Crippen molar-refractivity contribution in [3.05, 3.63) is 94.8 Å². The minimum absolute atomic E-state index is 0.144. The van der Waals surface area contributed by atoms with Crippen LogP contribution in [0.5, 0.6) is 0 Å². The van der Waals surface area contributed by atoms with Gasteiger partial charge in [0.25, 0.3) is 0 Å². The van der Waals surface area contributed by atoms with E-state index in [-0.39, 0.29) is 5.82 Å². The second-order valence-electron chi connectivity index (χ2n) is 9.90. The zero-order valence-electron chi connectivity index (χ0n) is 20.1. The van der Waals surface area contributed by atoms with E-state index in [1.807, 2.05) is 30.3 Å². The predicted molar refractivity (Wildman–Crippen MR) is 139 cm³/mol. The summed E-state index contributed by atoms with van der Waals surface area (Å²) in [5.74, 6) is -1.27. The molecule has 1 fully saturated rings. The van der Waals surface area contributed by atoms with Gasteiger partial charge in [0.15, 0.2) is 11.6 Å². The van der Waals surface area contributed by atoms with Crippen LogP contribution in [0, 0.1) is 17.5 Å². The highest BCUT2D eigenvalue weighted by Crippen LogP contribution is 2.37. The van der Waals surface area contributed by atoms with Gasteiger partial charge in [-0.1, -0.05) is 86.8 Å². The summed E-state index contributed by atoms with van der Waals surface area (Å²) in [6.07, 6.45) is 7.89. The van der Waals surface area contributed by atoms with Gasteiger partial charge in [0, 0.05) is 14.4 Å². The van der Waals surface area contributed by atoms with Crippen LogP contribution >= 0.6 is 0 Å². The van der Waals surface area contributed by atoms with Gasteiger partial charge in [-0.3, -0.25) is 0 Å². The van der Waals surface area contributed by atoms with Crippen molar-refractivity contribution in [3.8, 4) is 11.1 Å². The number of hydrogen-bond donors (Lipinski definition) is 0. The first-order chi connectivity index (χ1) is 16.5. The Hall–Kier alpha value is -2.33. The SMILES string of the molecule is CCCCC[Si@H]1CC[C@H](c2ccc(-c3ccc(CCc4ccc(F)c(F)c4)cc3)c(F)c2)CC1. The maximum Gasteiger partial charge on any atom is 0.159 e. The molecule has 0 atom stereocenters. The summed E-state index contributed by atoms with van der Waals surface area (Å²) in [6.45, 7) is 2.27. The molecule has 0 radical (unpaired) electrons. The second-order valence-corrected chi connectivity index (χ2v) is 13.4. The summed E-state index contributed by atoms with van der Waals surface area (Å²) < 4.78 is 41.5. The lowest BCUT2D eigenvalue weighted by molar-refractivity contribution is 0.507. The Morgan fingerprint density at radius 2 is 1.44 bits per heavy atom. The summed E-state index contributed by atoms with van der Waals surface area (Å²) in [5, 5.41) is 0. The van der Waals surface area contributed by atoms with Gasteiger partial charge in [0.2, 0.25) is 0 Å². The molecule has 0 unspecified atom stereocenters. The topological polar surface area (TPSA) is 0 Å². The molecular weight excluding hydrogens is 445 g/mol. The summed E-state index contributed by atoms with van der Waals surface area (Å²) in [6, 6.07) is 22.0. The normalized spacial score (nSPS) is 18.2. The Bertz CT molecular complexity index is 1070. The van der Waals surface area contributed by atoms with Gasteiger partial charge in [-0.25, -0.2) is 13.2 Å². The quantitative estimate of drug-likeness (QED) is 0.212. The van der Waals surface area contributed by atoms with Gasteiger partial charge >= 0.3 is 0 Å². The van der Waals surface area contributed by atoms with E-state index in [0.717, 1.165) is 28.7 Å². The van der Waals surface area contributed by atoms with E-state index in [4.69, 9.17) is 0 Å². The van der Waals surface area contributed by atoms with Crippen LogP contribution in [0.3, 0.4) is 0 Å². The van der Waals surface area contributed by atoms with Crippen molar-refractivity contribution in [3.63, 3.8) is 0 Å². The number of benzene rings is 3. The summed E-state index contributed by atoms with van der Waals surface area (Å²) in [7, 11) is -0.556. The van der Waals surface area contributed by atoms with Crippen molar-refractivity contribution >= 4 is 8.80 Å². The zero-order valence-corrected chi connectivity index (χ0v) is 21.3. The van der Waals surface area contributed by atoms with Crippen molar-refractivity contribution < 1.29 is 13.2 Å². The summed E-state index contributed by atoms with van der Waals surface area (Å²) >= 11 is 0. The van der Waals surface area contributed by atoms with E-state index < -0.39 is 20.4 Å². The molecule has 0 bridgehead atoms. The first kappa shape index (κ1) is 24.8. The van der Waals surface area contributed by atoms with Crippen LogP contribution in [0.1, 0.15) is 61.6 Å². The van der Waals surface area contributed by atoms with Crippen molar-refractivity contribution in [1.29, 1.82) is 0 Å². The number of rotatable bonds is 9. The van der Waals surface area contributed by atoms with Crippen LogP contribution in [0.4, 0.5) is 13.2 Å². The fourth-order valence-electron chi connectivity index (χ4n) is 5.32. The smallest absolute Gasteiger partial charge is 0.159 e.